The first-order chi connectivity index (χ1) is 11.2. The van der Waals surface area contributed by atoms with E-state index in [1.54, 1.807) is 13.3 Å². The van der Waals surface area contributed by atoms with Crippen LogP contribution in [0, 0.1) is 0 Å². The van der Waals surface area contributed by atoms with Gasteiger partial charge in [0, 0.05) is 6.04 Å². The summed E-state index contributed by atoms with van der Waals surface area (Å²) >= 11 is 0. The summed E-state index contributed by atoms with van der Waals surface area (Å²) in [6.07, 6.45) is 4.10. The zero-order chi connectivity index (χ0) is 15.8. The van der Waals surface area contributed by atoms with Gasteiger partial charge in [-0.15, -0.1) is 0 Å². The van der Waals surface area contributed by atoms with Crippen LogP contribution in [-0.2, 0) is 0 Å². The fraction of sp³-hybridized carbons (Fsp3) is 0.375. The van der Waals surface area contributed by atoms with Gasteiger partial charge in [-0.05, 0) is 43.5 Å². The van der Waals surface area contributed by atoms with E-state index in [-0.39, 0.29) is 12.1 Å². The first-order valence-electron chi connectivity index (χ1n) is 7.75. The molecule has 0 spiro atoms. The third kappa shape index (κ3) is 2.63. The first kappa shape index (κ1) is 14.1. The number of benzene rings is 1. The van der Waals surface area contributed by atoms with Crippen LogP contribution in [-0.4, -0.2) is 44.1 Å². The summed E-state index contributed by atoms with van der Waals surface area (Å²) in [5.41, 5.74) is 2.73. The Hall–Kier alpha value is -2.54. The van der Waals surface area contributed by atoms with E-state index in [4.69, 9.17) is 4.74 Å². The largest absolute Gasteiger partial charge is 0.497 e. The molecule has 1 aliphatic carbocycles. The van der Waals surface area contributed by atoms with Crippen molar-refractivity contribution in [3.8, 4) is 11.4 Å². The number of nitrogens with one attached hydrogen (secondary N) is 2. The summed E-state index contributed by atoms with van der Waals surface area (Å²) in [7, 11) is 1.65. The number of aromatic nitrogens is 4. The second kappa shape index (κ2) is 5.58. The van der Waals surface area contributed by atoms with Crippen LogP contribution in [0.3, 0.4) is 0 Å². The van der Waals surface area contributed by atoms with E-state index in [2.05, 4.69) is 20.4 Å². The second-order valence-electron chi connectivity index (χ2n) is 5.88. The molecular formula is C16H19N5O2. The lowest BCUT2D eigenvalue weighted by atomic mass is 10.2. The maximum absolute atomic E-state index is 9.61. The molecule has 3 N–H and O–H groups in total. The highest BCUT2D eigenvalue weighted by molar-refractivity contribution is 5.75. The molecule has 120 valence electrons. The van der Waals surface area contributed by atoms with Crippen molar-refractivity contribution in [2.75, 3.05) is 12.4 Å². The molecule has 7 heteroatoms. The number of hydrogen-bond donors (Lipinski definition) is 3. The van der Waals surface area contributed by atoms with E-state index in [0.717, 1.165) is 41.9 Å². The molecule has 0 saturated heterocycles. The predicted octanol–water partition coefficient (Wildman–Crippen LogP) is 2.08. The average molecular weight is 313 g/mol. The molecule has 2 aromatic heterocycles. The van der Waals surface area contributed by atoms with Crippen LogP contribution in [0.1, 0.15) is 19.3 Å². The topological polar surface area (TPSA) is 88.0 Å². The number of fused-ring (bicyclic) bond motifs is 1. The fourth-order valence-electron chi connectivity index (χ4n) is 3.00. The molecule has 0 radical (unpaired) electrons. The van der Waals surface area contributed by atoms with Crippen molar-refractivity contribution in [2.45, 2.75) is 31.4 Å². The van der Waals surface area contributed by atoms with Crippen molar-refractivity contribution in [2.24, 2.45) is 0 Å². The summed E-state index contributed by atoms with van der Waals surface area (Å²) in [5.74, 6) is 1.42. The van der Waals surface area contributed by atoms with Crippen molar-refractivity contribution < 1.29 is 9.84 Å². The normalized spacial score (nSPS) is 21.0. The zero-order valence-electron chi connectivity index (χ0n) is 12.9. The molecule has 1 fully saturated rings. The van der Waals surface area contributed by atoms with Gasteiger partial charge in [0.05, 0.1) is 25.1 Å². The lowest BCUT2D eigenvalue weighted by Crippen LogP contribution is -2.20. The Morgan fingerprint density at radius 3 is 2.83 bits per heavy atom. The Labute approximate surface area is 133 Å². The molecule has 0 amide bonds. The maximum atomic E-state index is 9.61. The third-order valence-electron chi connectivity index (χ3n) is 4.28. The van der Waals surface area contributed by atoms with Crippen LogP contribution in [0.25, 0.3) is 16.9 Å². The van der Waals surface area contributed by atoms with E-state index < -0.39 is 0 Å². The Bertz CT molecular complexity index is 808. The number of aromatic amines is 1. The number of ether oxygens (including phenoxy) is 1. The maximum Gasteiger partial charge on any atom is 0.225 e. The van der Waals surface area contributed by atoms with Crippen LogP contribution < -0.4 is 10.1 Å². The van der Waals surface area contributed by atoms with Crippen LogP contribution >= 0.6 is 0 Å². The van der Waals surface area contributed by atoms with Gasteiger partial charge in [0.15, 0.2) is 5.65 Å². The van der Waals surface area contributed by atoms with Crippen molar-refractivity contribution in [3.05, 3.63) is 30.5 Å². The molecular weight excluding hydrogens is 294 g/mol. The summed E-state index contributed by atoms with van der Waals surface area (Å²) in [6.45, 7) is 0. The Balaban J connectivity index is 1.58. The van der Waals surface area contributed by atoms with Crippen molar-refractivity contribution in [3.63, 3.8) is 0 Å². The number of anilines is 1. The molecule has 0 bridgehead atoms. The smallest absolute Gasteiger partial charge is 0.225 e. The lowest BCUT2D eigenvalue weighted by Gasteiger charge is -2.18. The molecule has 1 aromatic carbocycles. The predicted molar refractivity (Wildman–Crippen MR) is 87.0 cm³/mol. The molecule has 1 saturated carbocycles. The van der Waals surface area contributed by atoms with Gasteiger partial charge in [-0.1, -0.05) is 0 Å². The van der Waals surface area contributed by atoms with Gasteiger partial charge >= 0.3 is 0 Å². The SMILES string of the molecule is COc1ccc(-n2[nH]c3cnc(N[C@@H]4CC[C@@H](O)C4)nc32)cc1. The molecule has 4 rings (SSSR count). The third-order valence-corrected chi connectivity index (χ3v) is 4.28. The van der Waals surface area contributed by atoms with Crippen LogP contribution in [0.15, 0.2) is 30.5 Å². The lowest BCUT2D eigenvalue weighted by molar-refractivity contribution is 0.182. The standard InChI is InChI=1S/C16H19N5O2/c1-23-13-6-3-11(4-7-13)21-15-14(20-21)9-17-16(19-15)18-10-2-5-12(22)8-10/h3-4,6-7,9-10,12,20,22H,2,5,8H2,1H3,(H,17,18,19)/t10-,12-/m1/s1. The van der Waals surface area contributed by atoms with Crippen molar-refractivity contribution in [1.29, 1.82) is 0 Å². The van der Waals surface area contributed by atoms with E-state index in [9.17, 15) is 5.11 Å². The van der Waals surface area contributed by atoms with E-state index >= 15 is 0 Å². The highest BCUT2D eigenvalue weighted by Gasteiger charge is 2.23. The Morgan fingerprint density at radius 1 is 1.30 bits per heavy atom. The summed E-state index contributed by atoms with van der Waals surface area (Å²) in [4.78, 5) is 8.90. The molecule has 2 heterocycles. The van der Waals surface area contributed by atoms with Gasteiger partial charge in [-0.25, -0.2) is 9.67 Å². The van der Waals surface area contributed by atoms with Gasteiger partial charge in [0.2, 0.25) is 5.95 Å². The molecule has 3 aromatic rings. The molecule has 2 atom stereocenters. The molecule has 0 unspecified atom stereocenters. The first-order valence-corrected chi connectivity index (χ1v) is 7.75. The average Bonchev–Trinajstić information content (AvgIpc) is 2.96. The fourth-order valence-corrected chi connectivity index (χ4v) is 3.00. The van der Waals surface area contributed by atoms with Crippen molar-refractivity contribution >= 4 is 17.1 Å². The Kier molecular flexibility index (Phi) is 3.42. The number of nitrogens with zero attached hydrogens (tertiary/aromatic N) is 3. The second-order valence-corrected chi connectivity index (χ2v) is 5.88. The van der Waals surface area contributed by atoms with Crippen molar-refractivity contribution in [1.82, 2.24) is 19.7 Å². The number of H-pyrrole nitrogens is 1. The zero-order valence-corrected chi connectivity index (χ0v) is 12.9. The van der Waals surface area contributed by atoms with Gasteiger partial charge in [0.1, 0.15) is 11.3 Å². The number of aliphatic hydroxyl groups excluding tert-OH is 1. The highest BCUT2D eigenvalue weighted by Crippen LogP contribution is 2.24. The molecule has 1 aliphatic rings. The summed E-state index contributed by atoms with van der Waals surface area (Å²) in [6, 6.07) is 8.00. The minimum atomic E-state index is -0.211. The summed E-state index contributed by atoms with van der Waals surface area (Å²) in [5, 5.41) is 16.1. The number of rotatable bonds is 4. The van der Waals surface area contributed by atoms with Gasteiger partial charge < -0.3 is 15.2 Å². The van der Waals surface area contributed by atoms with E-state index in [1.807, 2.05) is 28.9 Å². The number of hydrogen-bond acceptors (Lipinski definition) is 5. The van der Waals surface area contributed by atoms with E-state index in [1.165, 1.54) is 0 Å². The quantitative estimate of drug-likeness (QED) is 0.686. The van der Waals surface area contributed by atoms with Crippen LogP contribution in [0.4, 0.5) is 5.95 Å². The molecule has 23 heavy (non-hydrogen) atoms. The minimum Gasteiger partial charge on any atom is -0.497 e. The van der Waals surface area contributed by atoms with Crippen LogP contribution in [0.5, 0.6) is 5.75 Å². The van der Waals surface area contributed by atoms with Gasteiger partial charge in [0.25, 0.3) is 0 Å². The number of aliphatic hydroxyl groups is 1. The van der Waals surface area contributed by atoms with Crippen LogP contribution in [0.2, 0.25) is 0 Å². The minimum absolute atomic E-state index is 0.211. The highest BCUT2D eigenvalue weighted by atomic mass is 16.5. The summed E-state index contributed by atoms with van der Waals surface area (Å²) < 4.78 is 7.09. The Morgan fingerprint density at radius 2 is 2.13 bits per heavy atom. The van der Waals surface area contributed by atoms with E-state index in [0.29, 0.717) is 5.95 Å². The molecule has 0 aliphatic heterocycles. The van der Waals surface area contributed by atoms with Gasteiger partial charge in [-0.3, -0.25) is 5.10 Å². The molecule has 7 nitrogen and oxygen atoms in total. The number of methoxy groups -OCH3 is 1. The van der Waals surface area contributed by atoms with Gasteiger partial charge in [-0.2, -0.15) is 4.98 Å². The monoisotopic (exact) mass is 313 g/mol.